The molecule has 0 radical (unpaired) electrons. The summed E-state index contributed by atoms with van der Waals surface area (Å²) >= 11 is 0. The summed E-state index contributed by atoms with van der Waals surface area (Å²) in [6.07, 6.45) is 8.87. The molecule has 0 unspecified atom stereocenters. The maximum atomic E-state index is 14.0. The fourth-order valence-corrected chi connectivity index (χ4v) is 2.80. The van der Waals surface area contributed by atoms with Crippen LogP contribution in [0, 0.1) is 12.7 Å². The molecule has 0 atom stereocenters. The van der Waals surface area contributed by atoms with Gasteiger partial charge >= 0.3 is 0 Å². The lowest BCUT2D eigenvalue weighted by Crippen LogP contribution is -1.91. The number of hydrogen-bond donors (Lipinski definition) is 1. The van der Waals surface area contributed by atoms with Crippen molar-refractivity contribution in [2.45, 2.75) is 40.5 Å². The van der Waals surface area contributed by atoms with Crippen molar-refractivity contribution in [2.75, 3.05) is 7.11 Å². The van der Waals surface area contributed by atoms with Gasteiger partial charge in [0.1, 0.15) is 6.29 Å². The summed E-state index contributed by atoms with van der Waals surface area (Å²) in [6.45, 7) is 11.8. The zero-order valence-electron chi connectivity index (χ0n) is 17.4. The highest BCUT2D eigenvalue weighted by Crippen LogP contribution is 2.27. The number of hydrogen-bond acceptors (Lipinski definition) is 2. The van der Waals surface area contributed by atoms with Crippen LogP contribution in [-0.2, 0) is 11.2 Å². The second kappa shape index (κ2) is 11.8. The highest BCUT2D eigenvalue weighted by molar-refractivity contribution is 5.86. The van der Waals surface area contributed by atoms with Crippen molar-refractivity contribution >= 4 is 17.4 Å². The number of aryl methyl sites for hydroxylation is 2. The minimum Gasteiger partial charge on any atom is -0.494 e. The second-order valence-electron chi connectivity index (χ2n) is 6.30. The first-order valence-corrected chi connectivity index (χ1v) is 9.37. The number of H-pyrrole nitrogens is 1. The number of ether oxygens (including phenoxy) is 1. The van der Waals surface area contributed by atoms with E-state index in [9.17, 15) is 4.39 Å². The van der Waals surface area contributed by atoms with Gasteiger partial charge in [-0.25, -0.2) is 4.39 Å². The third-order valence-corrected chi connectivity index (χ3v) is 4.13. The third kappa shape index (κ3) is 6.38. The average Bonchev–Trinajstić information content (AvgIpc) is 3.03. The lowest BCUT2D eigenvalue weighted by atomic mass is 10.0. The molecule has 0 aliphatic rings. The number of nitrogens with one attached hydrogen (secondary N) is 1. The number of benzene rings is 1. The summed E-state index contributed by atoms with van der Waals surface area (Å²) in [5.41, 5.74) is 6.07. The highest BCUT2D eigenvalue weighted by atomic mass is 19.1. The van der Waals surface area contributed by atoms with Crippen molar-refractivity contribution in [2.24, 2.45) is 0 Å². The van der Waals surface area contributed by atoms with Gasteiger partial charge in [0.15, 0.2) is 11.6 Å². The van der Waals surface area contributed by atoms with Crippen LogP contribution in [0.3, 0.4) is 0 Å². The Hall–Kier alpha value is -2.88. The number of carbonyl (C=O) groups is 1. The molecule has 3 nitrogen and oxygen atoms in total. The predicted molar refractivity (Wildman–Crippen MR) is 116 cm³/mol. The Kier molecular flexibility index (Phi) is 9.72. The number of rotatable bonds is 7. The van der Waals surface area contributed by atoms with Crippen molar-refractivity contribution in [3.05, 3.63) is 77.4 Å². The van der Waals surface area contributed by atoms with Gasteiger partial charge in [0, 0.05) is 11.4 Å². The summed E-state index contributed by atoms with van der Waals surface area (Å²) in [5, 5.41) is 0. The molecule has 0 saturated carbocycles. The predicted octanol–water partition coefficient (Wildman–Crippen LogP) is 6.30. The van der Waals surface area contributed by atoms with E-state index in [1.807, 2.05) is 31.2 Å². The Balaban J connectivity index is 0.00000122. The monoisotopic (exact) mass is 383 g/mol. The van der Waals surface area contributed by atoms with E-state index in [0.29, 0.717) is 0 Å². The molecular weight excluding hydrogens is 353 g/mol. The minimum absolute atomic E-state index is 0.235. The molecule has 0 spiro atoms. The zero-order valence-corrected chi connectivity index (χ0v) is 17.4. The van der Waals surface area contributed by atoms with Gasteiger partial charge in [-0.1, -0.05) is 38.1 Å². The summed E-state index contributed by atoms with van der Waals surface area (Å²) in [6, 6.07) is 7.04. The molecule has 28 heavy (non-hydrogen) atoms. The molecule has 2 rings (SSSR count). The van der Waals surface area contributed by atoms with E-state index >= 15 is 0 Å². The molecule has 4 heteroatoms. The molecule has 1 N–H and O–H groups in total. The molecule has 150 valence electrons. The Bertz CT molecular complexity index is 859. The zero-order chi connectivity index (χ0) is 21.1. The molecule has 1 aromatic carbocycles. The standard InChI is InChI=1S/C22H26FNO.C2H4O/c1-6-8-18(21-13-16(4)20(24-21)9-7-2)12-15(3)17-10-11-22(25-5)19(23)14-17;1-2-3/h6,8,10-14,24H,3,7,9H2,1-2,4-5H3;2H,1H3/b8-6-,18-12+;. The van der Waals surface area contributed by atoms with Crippen LogP contribution in [0.15, 0.2) is 49.1 Å². The lowest BCUT2D eigenvalue weighted by molar-refractivity contribution is -0.106. The maximum Gasteiger partial charge on any atom is 0.165 e. The second-order valence-corrected chi connectivity index (χ2v) is 6.30. The molecule has 1 heterocycles. The van der Waals surface area contributed by atoms with Gasteiger partial charge in [0.25, 0.3) is 0 Å². The first-order chi connectivity index (χ1) is 13.4. The SMILES string of the molecule is C=C(/C=C(\C=C/C)c1cc(C)c(CCC)[nH]1)c1ccc(OC)c(F)c1.CC=O. The van der Waals surface area contributed by atoms with E-state index in [0.717, 1.165) is 41.5 Å². The Morgan fingerprint density at radius 1 is 1.29 bits per heavy atom. The van der Waals surface area contributed by atoms with Crippen LogP contribution < -0.4 is 4.74 Å². The maximum absolute atomic E-state index is 14.0. The number of aromatic nitrogens is 1. The van der Waals surface area contributed by atoms with Crippen LogP contribution in [0.4, 0.5) is 4.39 Å². The number of aromatic amines is 1. The van der Waals surface area contributed by atoms with E-state index in [4.69, 9.17) is 9.53 Å². The van der Waals surface area contributed by atoms with Gasteiger partial charge in [-0.15, -0.1) is 0 Å². The van der Waals surface area contributed by atoms with Crippen molar-refractivity contribution in [1.29, 1.82) is 0 Å². The summed E-state index contributed by atoms with van der Waals surface area (Å²) in [7, 11) is 1.46. The van der Waals surface area contributed by atoms with Crippen LogP contribution in [0.1, 0.15) is 49.7 Å². The molecule has 0 bridgehead atoms. The van der Waals surface area contributed by atoms with E-state index < -0.39 is 0 Å². The molecule has 0 aliphatic carbocycles. The fourth-order valence-electron chi connectivity index (χ4n) is 2.80. The molecule has 0 aliphatic heterocycles. The van der Waals surface area contributed by atoms with Crippen LogP contribution >= 0.6 is 0 Å². The third-order valence-electron chi connectivity index (χ3n) is 4.13. The van der Waals surface area contributed by atoms with Gasteiger partial charge in [-0.05, 0) is 73.7 Å². The lowest BCUT2D eigenvalue weighted by Gasteiger charge is -2.07. The Morgan fingerprint density at radius 2 is 1.96 bits per heavy atom. The van der Waals surface area contributed by atoms with Crippen LogP contribution in [0.5, 0.6) is 5.75 Å². The molecule has 0 amide bonds. The van der Waals surface area contributed by atoms with E-state index in [1.165, 1.54) is 31.4 Å². The van der Waals surface area contributed by atoms with Crippen LogP contribution in [-0.4, -0.2) is 18.4 Å². The van der Waals surface area contributed by atoms with Crippen LogP contribution in [0.25, 0.3) is 11.1 Å². The Labute approximate surface area is 167 Å². The van der Waals surface area contributed by atoms with E-state index in [1.54, 1.807) is 6.07 Å². The van der Waals surface area contributed by atoms with E-state index in [2.05, 4.69) is 31.5 Å². The van der Waals surface area contributed by atoms with Gasteiger partial charge < -0.3 is 14.5 Å². The van der Waals surface area contributed by atoms with Crippen LogP contribution in [0.2, 0.25) is 0 Å². The molecule has 0 fully saturated rings. The summed E-state index contributed by atoms with van der Waals surface area (Å²) < 4.78 is 18.9. The molecule has 0 saturated heterocycles. The van der Waals surface area contributed by atoms with Crippen molar-refractivity contribution < 1.29 is 13.9 Å². The van der Waals surface area contributed by atoms with Crippen molar-refractivity contribution in [3.8, 4) is 5.75 Å². The van der Waals surface area contributed by atoms with Crippen molar-refractivity contribution in [1.82, 2.24) is 4.98 Å². The fraction of sp³-hybridized carbons (Fsp3) is 0.292. The van der Waals surface area contributed by atoms with Gasteiger partial charge in [0.2, 0.25) is 0 Å². The minimum atomic E-state index is -0.386. The van der Waals surface area contributed by atoms with Gasteiger partial charge in [-0.2, -0.15) is 0 Å². The summed E-state index contributed by atoms with van der Waals surface area (Å²) in [5.74, 6) is -0.151. The number of allylic oxidation sites excluding steroid dienone is 5. The smallest absolute Gasteiger partial charge is 0.165 e. The quantitative estimate of drug-likeness (QED) is 0.450. The van der Waals surface area contributed by atoms with Crippen molar-refractivity contribution in [3.63, 3.8) is 0 Å². The highest BCUT2D eigenvalue weighted by Gasteiger charge is 2.09. The number of halogens is 1. The largest absolute Gasteiger partial charge is 0.494 e. The van der Waals surface area contributed by atoms with Gasteiger partial charge in [0.05, 0.1) is 7.11 Å². The topological polar surface area (TPSA) is 42.1 Å². The first kappa shape index (κ1) is 23.2. The number of carbonyl (C=O) groups excluding carboxylic acids is 1. The normalized spacial score (nSPS) is 11.1. The number of methoxy groups -OCH3 is 1. The number of aldehydes is 1. The van der Waals surface area contributed by atoms with E-state index in [-0.39, 0.29) is 11.6 Å². The summed E-state index contributed by atoms with van der Waals surface area (Å²) in [4.78, 5) is 12.3. The molecular formula is C24H30FNO2. The van der Waals surface area contributed by atoms with Gasteiger partial charge in [-0.3, -0.25) is 0 Å². The Morgan fingerprint density at radius 3 is 2.50 bits per heavy atom. The first-order valence-electron chi connectivity index (χ1n) is 9.37. The average molecular weight is 384 g/mol. The molecule has 1 aromatic heterocycles. The molecule has 2 aromatic rings.